The van der Waals surface area contributed by atoms with Gasteiger partial charge in [-0.1, -0.05) is 74.4 Å². The molecule has 0 saturated carbocycles. The number of fused-ring (bicyclic) bond motifs is 3. The van der Waals surface area contributed by atoms with Gasteiger partial charge >= 0.3 is 5.97 Å². The summed E-state index contributed by atoms with van der Waals surface area (Å²) >= 11 is 0. The van der Waals surface area contributed by atoms with E-state index in [4.69, 9.17) is 4.74 Å². The Kier molecular flexibility index (Phi) is 6.96. The van der Waals surface area contributed by atoms with E-state index in [1.807, 2.05) is 48.5 Å². The Labute approximate surface area is 242 Å². The number of esters is 1. The molecule has 0 spiro atoms. The SMILES string of the molecule is CCc1ccc(C(C)C)cc1-c1ccc(OC(=O)c2ccc(-n3c4ccc(C)cc4c4cc(C)ccc43)cc2)cc1. The van der Waals surface area contributed by atoms with Crippen molar-refractivity contribution in [1.29, 1.82) is 0 Å². The van der Waals surface area contributed by atoms with E-state index in [1.165, 1.54) is 38.6 Å². The fourth-order valence-electron chi connectivity index (χ4n) is 5.67. The Morgan fingerprint density at radius 1 is 0.732 bits per heavy atom. The molecule has 0 bridgehead atoms. The summed E-state index contributed by atoms with van der Waals surface area (Å²) in [6, 6.07) is 35.4. The van der Waals surface area contributed by atoms with Crippen LogP contribution in [-0.4, -0.2) is 10.5 Å². The van der Waals surface area contributed by atoms with Crippen molar-refractivity contribution in [1.82, 2.24) is 4.57 Å². The van der Waals surface area contributed by atoms with E-state index in [9.17, 15) is 4.79 Å². The minimum atomic E-state index is -0.367. The molecule has 0 aliphatic carbocycles. The highest BCUT2D eigenvalue weighted by Crippen LogP contribution is 2.34. The third-order valence-electron chi connectivity index (χ3n) is 7.99. The van der Waals surface area contributed by atoms with Gasteiger partial charge in [-0.25, -0.2) is 4.79 Å². The molecule has 0 unspecified atom stereocenters. The van der Waals surface area contributed by atoms with Crippen LogP contribution in [0.1, 0.15) is 59.3 Å². The number of ether oxygens (including phenoxy) is 1. The van der Waals surface area contributed by atoms with Gasteiger partial charge in [0, 0.05) is 16.5 Å². The van der Waals surface area contributed by atoms with E-state index in [1.54, 1.807) is 0 Å². The van der Waals surface area contributed by atoms with Crippen molar-refractivity contribution in [2.75, 3.05) is 0 Å². The van der Waals surface area contributed by atoms with Crippen LogP contribution in [0.2, 0.25) is 0 Å². The van der Waals surface area contributed by atoms with E-state index in [0.717, 1.165) is 28.7 Å². The molecule has 0 radical (unpaired) electrons. The molecule has 0 fully saturated rings. The largest absolute Gasteiger partial charge is 0.423 e. The van der Waals surface area contributed by atoms with Gasteiger partial charge in [-0.2, -0.15) is 0 Å². The van der Waals surface area contributed by atoms with Gasteiger partial charge in [-0.05, 0) is 109 Å². The van der Waals surface area contributed by atoms with Crippen molar-refractivity contribution in [3.05, 3.63) is 131 Å². The standard InChI is InChI=1S/C38H35NO2/c1-6-27-9-10-30(24(2)3)23-33(27)28-13-17-32(18-14-28)41-38(40)29-11-15-31(16-12-29)39-36-19-7-25(4)21-34(36)35-22-26(5)8-20-37(35)39/h7-24H,6H2,1-5H3. The molecule has 5 aromatic carbocycles. The Morgan fingerprint density at radius 3 is 1.90 bits per heavy atom. The summed E-state index contributed by atoms with van der Waals surface area (Å²) in [5.41, 5.74) is 11.3. The maximum absolute atomic E-state index is 13.1. The Hall–Kier alpha value is -4.63. The van der Waals surface area contributed by atoms with Gasteiger partial charge in [0.25, 0.3) is 0 Å². The number of rotatable bonds is 6. The zero-order valence-corrected chi connectivity index (χ0v) is 24.4. The fourth-order valence-corrected chi connectivity index (χ4v) is 5.67. The zero-order chi connectivity index (χ0) is 28.7. The Bertz CT molecular complexity index is 1830. The molecular formula is C38H35NO2. The third-order valence-corrected chi connectivity index (χ3v) is 7.99. The summed E-state index contributed by atoms with van der Waals surface area (Å²) in [6.07, 6.45) is 0.967. The van der Waals surface area contributed by atoms with E-state index < -0.39 is 0 Å². The van der Waals surface area contributed by atoms with Crippen LogP contribution in [0.5, 0.6) is 5.75 Å². The van der Waals surface area contributed by atoms with Crippen molar-refractivity contribution in [3.8, 4) is 22.6 Å². The third kappa shape index (κ3) is 5.04. The molecule has 204 valence electrons. The number of aromatic nitrogens is 1. The molecule has 0 N–H and O–H groups in total. The van der Waals surface area contributed by atoms with Crippen LogP contribution in [-0.2, 0) is 6.42 Å². The lowest BCUT2D eigenvalue weighted by molar-refractivity contribution is 0.0735. The molecule has 41 heavy (non-hydrogen) atoms. The molecule has 1 heterocycles. The first-order chi connectivity index (χ1) is 19.8. The van der Waals surface area contributed by atoms with Crippen molar-refractivity contribution >= 4 is 27.8 Å². The summed E-state index contributed by atoms with van der Waals surface area (Å²) < 4.78 is 8.02. The average Bonchev–Trinajstić information content (AvgIpc) is 3.29. The Balaban J connectivity index is 1.25. The molecule has 3 heteroatoms. The number of carbonyl (C=O) groups excluding carboxylic acids is 1. The van der Waals surface area contributed by atoms with E-state index in [0.29, 0.717) is 17.2 Å². The number of benzene rings is 5. The maximum atomic E-state index is 13.1. The first-order valence-electron chi connectivity index (χ1n) is 14.4. The van der Waals surface area contributed by atoms with Gasteiger partial charge in [0.05, 0.1) is 16.6 Å². The summed E-state index contributed by atoms with van der Waals surface area (Å²) in [4.78, 5) is 13.1. The lowest BCUT2D eigenvalue weighted by atomic mass is 9.92. The second-order valence-electron chi connectivity index (χ2n) is 11.3. The van der Waals surface area contributed by atoms with Crippen LogP contribution in [0.15, 0.2) is 103 Å². The summed E-state index contributed by atoms with van der Waals surface area (Å²) in [5.74, 6) is 0.637. The first-order valence-corrected chi connectivity index (χ1v) is 14.4. The van der Waals surface area contributed by atoms with Gasteiger partial charge in [-0.3, -0.25) is 0 Å². The number of nitrogens with zero attached hydrogens (tertiary/aromatic N) is 1. The predicted octanol–water partition coefficient (Wildman–Crippen LogP) is 9.97. The predicted molar refractivity (Wildman–Crippen MR) is 171 cm³/mol. The van der Waals surface area contributed by atoms with Crippen LogP contribution < -0.4 is 4.74 Å². The second-order valence-corrected chi connectivity index (χ2v) is 11.3. The van der Waals surface area contributed by atoms with Gasteiger partial charge in [0.15, 0.2) is 0 Å². The first kappa shape index (κ1) is 26.6. The molecular weight excluding hydrogens is 502 g/mol. The Morgan fingerprint density at radius 2 is 1.34 bits per heavy atom. The molecule has 6 aromatic rings. The summed E-state index contributed by atoms with van der Waals surface area (Å²) in [5, 5.41) is 2.47. The van der Waals surface area contributed by atoms with Gasteiger partial charge in [0.2, 0.25) is 0 Å². The molecule has 3 nitrogen and oxygen atoms in total. The highest BCUT2D eigenvalue weighted by Gasteiger charge is 2.15. The van der Waals surface area contributed by atoms with Crippen LogP contribution >= 0.6 is 0 Å². The van der Waals surface area contributed by atoms with Crippen LogP contribution in [0.25, 0.3) is 38.6 Å². The molecule has 0 amide bonds. The van der Waals surface area contributed by atoms with Crippen molar-refractivity contribution in [2.45, 2.75) is 47.0 Å². The van der Waals surface area contributed by atoms with Crippen molar-refractivity contribution in [2.24, 2.45) is 0 Å². The van der Waals surface area contributed by atoms with Crippen LogP contribution in [0.4, 0.5) is 0 Å². The van der Waals surface area contributed by atoms with E-state index >= 15 is 0 Å². The van der Waals surface area contributed by atoms with E-state index in [-0.39, 0.29) is 5.97 Å². The van der Waals surface area contributed by atoms with Crippen LogP contribution in [0.3, 0.4) is 0 Å². The topological polar surface area (TPSA) is 31.2 Å². The lowest BCUT2D eigenvalue weighted by Crippen LogP contribution is -2.08. The molecule has 0 saturated heterocycles. The van der Waals surface area contributed by atoms with Gasteiger partial charge < -0.3 is 9.30 Å². The number of carbonyl (C=O) groups is 1. The molecule has 0 atom stereocenters. The molecule has 0 aliphatic rings. The minimum Gasteiger partial charge on any atom is -0.423 e. The minimum absolute atomic E-state index is 0.367. The zero-order valence-electron chi connectivity index (χ0n) is 24.4. The summed E-state index contributed by atoms with van der Waals surface area (Å²) in [6.45, 7) is 10.9. The summed E-state index contributed by atoms with van der Waals surface area (Å²) in [7, 11) is 0. The number of hydrogen-bond donors (Lipinski definition) is 0. The fraction of sp³-hybridized carbons (Fsp3) is 0.184. The average molecular weight is 538 g/mol. The van der Waals surface area contributed by atoms with E-state index in [2.05, 4.69) is 93.8 Å². The smallest absolute Gasteiger partial charge is 0.343 e. The van der Waals surface area contributed by atoms with Crippen molar-refractivity contribution < 1.29 is 9.53 Å². The number of hydrogen-bond acceptors (Lipinski definition) is 2. The normalized spacial score (nSPS) is 11.5. The highest BCUT2D eigenvalue weighted by atomic mass is 16.5. The quantitative estimate of drug-likeness (QED) is 0.156. The molecule has 0 aliphatic heterocycles. The monoisotopic (exact) mass is 537 g/mol. The molecule has 6 rings (SSSR count). The highest BCUT2D eigenvalue weighted by molar-refractivity contribution is 6.09. The van der Waals surface area contributed by atoms with Crippen molar-refractivity contribution in [3.63, 3.8) is 0 Å². The van der Waals surface area contributed by atoms with Crippen LogP contribution in [0, 0.1) is 13.8 Å². The molecule has 1 aromatic heterocycles. The second kappa shape index (κ2) is 10.7. The lowest BCUT2D eigenvalue weighted by Gasteiger charge is -2.14. The van der Waals surface area contributed by atoms with Gasteiger partial charge in [0.1, 0.15) is 5.75 Å². The maximum Gasteiger partial charge on any atom is 0.343 e. The van der Waals surface area contributed by atoms with Gasteiger partial charge in [-0.15, -0.1) is 0 Å². The number of aryl methyl sites for hydroxylation is 3.